The Kier molecular flexibility index (Phi) is 6.80. The summed E-state index contributed by atoms with van der Waals surface area (Å²) in [6, 6.07) is 0. The van der Waals surface area contributed by atoms with E-state index in [0.717, 1.165) is 0 Å². The second-order valence-electron chi connectivity index (χ2n) is 4.17. The molecule has 0 aliphatic rings. The van der Waals surface area contributed by atoms with Crippen LogP contribution in [0.15, 0.2) is 50.6 Å². The van der Waals surface area contributed by atoms with Crippen LogP contribution in [-0.4, -0.2) is 41.1 Å². The van der Waals surface area contributed by atoms with Crippen LogP contribution in [0.5, 0.6) is 0 Å². The van der Waals surface area contributed by atoms with E-state index in [1.807, 2.05) is 0 Å². The lowest BCUT2D eigenvalue weighted by atomic mass is 10.4. The van der Waals surface area contributed by atoms with Gasteiger partial charge in [0.25, 0.3) is 0 Å². The molecule has 0 N–H and O–H groups in total. The minimum atomic E-state index is -0.828. The Labute approximate surface area is 124 Å². The number of aromatic nitrogens is 3. The Hall–Kier alpha value is -2.50. The Morgan fingerprint density at radius 1 is 0.714 bits per heavy atom. The minimum absolute atomic E-state index is 0.246. The van der Waals surface area contributed by atoms with Gasteiger partial charge in [-0.3, -0.25) is 0 Å². The lowest BCUT2D eigenvalue weighted by Crippen LogP contribution is -2.30. The third kappa shape index (κ3) is 4.83. The fourth-order valence-corrected chi connectivity index (χ4v) is 1.71. The van der Waals surface area contributed by atoms with Crippen LogP contribution >= 0.6 is 0 Å². The standard InChI is InChI=1S/C15H20FN5/c1-5-9-20(10-6-2)14-17-13(16)18-15(19-14)21(11-7-3)12-8-4/h5-8H,1-4,9-12H2. The summed E-state index contributed by atoms with van der Waals surface area (Å²) < 4.78 is 13.7. The van der Waals surface area contributed by atoms with Gasteiger partial charge >= 0.3 is 6.08 Å². The van der Waals surface area contributed by atoms with Gasteiger partial charge in [0.05, 0.1) is 0 Å². The molecule has 0 bridgehead atoms. The van der Waals surface area contributed by atoms with Crippen LogP contribution in [0.25, 0.3) is 0 Å². The van der Waals surface area contributed by atoms with E-state index in [0.29, 0.717) is 26.2 Å². The molecule has 1 aromatic rings. The molecule has 0 aromatic carbocycles. The molecule has 0 aliphatic heterocycles. The zero-order valence-corrected chi connectivity index (χ0v) is 12.1. The van der Waals surface area contributed by atoms with Crippen molar-refractivity contribution in [2.45, 2.75) is 0 Å². The second-order valence-corrected chi connectivity index (χ2v) is 4.17. The molecule has 0 atom stereocenters. The van der Waals surface area contributed by atoms with Crippen molar-refractivity contribution in [3.63, 3.8) is 0 Å². The molecule has 112 valence electrons. The molecule has 1 rings (SSSR count). The van der Waals surface area contributed by atoms with Gasteiger partial charge in [-0.2, -0.15) is 19.3 Å². The second kappa shape index (κ2) is 8.63. The van der Waals surface area contributed by atoms with E-state index >= 15 is 0 Å². The molecule has 0 amide bonds. The summed E-state index contributed by atoms with van der Waals surface area (Å²) in [7, 11) is 0. The molecule has 1 aromatic heterocycles. The van der Waals surface area contributed by atoms with E-state index in [1.54, 1.807) is 34.1 Å². The van der Waals surface area contributed by atoms with Crippen molar-refractivity contribution in [3.8, 4) is 0 Å². The smallest absolute Gasteiger partial charge is 0.315 e. The van der Waals surface area contributed by atoms with Crippen LogP contribution in [0.3, 0.4) is 0 Å². The van der Waals surface area contributed by atoms with Gasteiger partial charge in [-0.1, -0.05) is 24.3 Å². The third-order valence-electron chi connectivity index (χ3n) is 2.55. The van der Waals surface area contributed by atoms with Gasteiger partial charge in [-0.25, -0.2) is 0 Å². The highest BCUT2D eigenvalue weighted by molar-refractivity contribution is 5.40. The molecule has 6 heteroatoms. The molecular formula is C15H20FN5. The average molecular weight is 289 g/mol. The number of rotatable bonds is 10. The molecule has 0 fully saturated rings. The molecule has 0 aliphatic carbocycles. The number of hydrogen-bond donors (Lipinski definition) is 0. The predicted molar refractivity (Wildman–Crippen MR) is 85.0 cm³/mol. The monoisotopic (exact) mass is 289 g/mol. The summed E-state index contributed by atoms with van der Waals surface area (Å²) in [6.07, 6.45) is 5.93. The summed E-state index contributed by atoms with van der Waals surface area (Å²) >= 11 is 0. The summed E-state index contributed by atoms with van der Waals surface area (Å²) in [4.78, 5) is 15.3. The molecular weight excluding hydrogens is 269 g/mol. The average Bonchev–Trinajstić information content (AvgIpc) is 2.46. The Morgan fingerprint density at radius 3 is 1.33 bits per heavy atom. The molecule has 1 heterocycles. The molecule has 0 saturated carbocycles. The minimum Gasteiger partial charge on any atom is -0.333 e. The maximum Gasteiger partial charge on any atom is 0.315 e. The van der Waals surface area contributed by atoms with Gasteiger partial charge in [-0.05, 0) is 0 Å². The van der Waals surface area contributed by atoms with Gasteiger partial charge in [0, 0.05) is 26.2 Å². The van der Waals surface area contributed by atoms with Crippen LogP contribution in [0.4, 0.5) is 16.3 Å². The van der Waals surface area contributed by atoms with E-state index < -0.39 is 6.08 Å². The molecule has 21 heavy (non-hydrogen) atoms. The summed E-state index contributed by atoms with van der Waals surface area (Å²) in [6.45, 7) is 16.6. The summed E-state index contributed by atoms with van der Waals surface area (Å²) in [5, 5.41) is 0. The molecule has 0 radical (unpaired) electrons. The molecule has 0 saturated heterocycles. The van der Waals surface area contributed by atoms with E-state index in [9.17, 15) is 4.39 Å². The van der Waals surface area contributed by atoms with Crippen molar-refractivity contribution in [1.29, 1.82) is 0 Å². The van der Waals surface area contributed by atoms with Crippen LogP contribution in [0.1, 0.15) is 0 Å². The first-order valence-electron chi connectivity index (χ1n) is 6.51. The Balaban J connectivity index is 3.16. The topological polar surface area (TPSA) is 45.2 Å². The predicted octanol–water partition coefficient (Wildman–Crippen LogP) is 2.37. The van der Waals surface area contributed by atoms with E-state index in [2.05, 4.69) is 41.3 Å². The summed E-state index contributed by atoms with van der Waals surface area (Å²) in [5.74, 6) is 0.492. The van der Waals surface area contributed by atoms with Gasteiger partial charge < -0.3 is 9.80 Å². The highest BCUT2D eigenvalue weighted by Crippen LogP contribution is 2.14. The lowest BCUT2D eigenvalue weighted by molar-refractivity contribution is 0.529. The zero-order chi connectivity index (χ0) is 15.7. The fourth-order valence-electron chi connectivity index (χ4n) is 1.71. The zero-order valence-electron chi connectivity index (χ0n) is 12.1. The maximum atomic E-state index is 13.7. The highest BCUT2D eigenvalue weighted by Gasteiger charge is 2.15. The number of nitrogens with zero attached hydrogens (tertiary/aromatic N) is 5. The fraction of sp³-hybridized carbons (Fsp3) is 0.267. The van der Waals surface area contributed by atoms with E-state index in [1.165, 1.54) is 0 Å². The van der Waals surface area contributed by atoms with Crippen LogP contribution in [0, 0.1) is 6.08 Å². The number of anilines is 2. The van der Waals surface area contributed by atoms with Crippen molar-refractivity contribution in [2.75, 3.05) is 36.0 Å². The first kappa shape index (κ1) is 16.6. The quantitative estimate of drug-likeness (QED) is 0.619. The molecule has 0 spiro atoms. The van der Waals surface area contributed by atoms with Gasteiger partial charge in [-0.15, -0.1) is 26.3 Å². The SMILES string of the molecule is C=CCN(CC=C)c1nc(F)nc(N(CC=C)CC=C)n1. The van der Waals surface area contributed by atoms with Crippen molar-refractivity contribution >= 4 is 11.9 Å². The lowest BCUT2D eigenvalue weighted by Gasteiger charge is -2.23. The van der Waals surface area contributed by atoms with Crippen molar-refractivity contribution in [2.24, 2.45) is 0 Å². The first-order chi connectivity index (χ1) is 10.2. The highest BCUT2D eigenvalue weighted by atomic mass is 19.1. The van der Waals surface area contributed by atoms with Gasteiger partial charge in [0.2, 0.25) is 11.9 Å². The van der Waals surface area contributed by atoms with Crippen molar-refractivity contribution in [3.05, 3.63) is 56.7 Å². The normalized spacial score (nSPS) is 9.76. The molecule has 0 unspecified atom stereocenters. The maximum absolute atomic E-state index is 13.7. The Bertz CT molecular complexity index is 453. The largest absolute Gasteiger partial charge is 0.333 e. The third-order valence-corrected chi connectivity index (χ3v) is 2.55. The van der Waals surface area contributed by atoms with Gasteiger partial charge in [0.1, 0.15) is 0 Å². The van der Waals surface area contributed by atoms with Crippen LogP contribution < -0.4 is 9.80 Å². The van der Waals surface area contributed by atoms with Crippen molar-refractivity contribution < 1.29 is 4.39 Å². The number of halogens is 1. The van der Waals surface area contributed by atoms with Crippen molar-refractivity contribution in [1.82, 2.24) is 15.0 Å². The number of hydrogen-bond acceptors (Lipinski definition) is 5. The van der Waals surface area contributed by atoms with E-state index in [4.69, 9.17) is 0 Å². The van der Waals surface area contributed by atoms with Crippen LogP contribution in [0.2, 0.25) is 0 Å². The summed E-state index contributed by atoms with van der Waals surface area (Å²) in [5.41, 5.74) is 0. The molecule has 5 nitrogen and oxygen atoms in total. The first-order valence-corrected chi connectivity index (χ1v) is 6.51. The Morgan fingerprint density at radius 2 is 1.05 bits per heavy atom. The van der Waals surface area contributed by atoms with E-state index in [-0.39, 0.29) is 11.9 Å². The van der Waals surface area contributed by atoms with Gasteiger partial charge in [0.15, 0.2) is 0 Å². The van der Waals surface area contributed by atoms with Crippen LogP contribution in [-0.2, 0) is 0 Å².